The SMILES string of the molecule is COc1ccc2cc(CNCCCCN)ccc2c1. The first-order chi connectivity index (χ1) is 9.33. The summed E-state index contributed by atoms with van der Waals surface area (Å²) in [6, 6.07) is 12.7. The van der Waals surface area contributed by atoms with Crippen molar-refractivity contribution in [3.05, 3.63) is 42.0 Å². The number of unbranched alkanes of at least 4 members (excludes halogenated alkanes) is 1. The molecule has 0 spiro atoms. The van der Waals surface area contributed by atoms with Crippen LogP contribution in [0.5, 0.6) is 5.75 Å². The Balaban J connectivity index is 1.97. The summed E-state index contributed by atoms with van der Waals surface area (Å²) >= 11 is 0. The molecule has 0 saturated heterocycles. The first-order valence-electron chi connectivity index (χ1n) is 6.81. The molecule has 0 saturated carbocycles. The second-order valence-electron chi connectivity index (χ2n) is 4.72. The summed E-state index contributed by atoms with van der Waals surface area (Å²) in [5.41, 5.74) is 6.78. The van der Waals surface area contributed by atoms with E-state index in [9.17, 15) is 0 Å². The Morgan fingerprint density at radius 2 is 1.84 bits per heavy atom. The molecule has 19 heavy (non-hydrogen) atoms. The predicted octanol–water partition coefficient (Wildman–Crippen LogP) is 2.68. The highest BCUT2D eigenvalue weighted by molar-refractivity contribution is 5.84. The molecule has 0 aliphatic rings. The third kappa shape index (κ3) is 3.94. The monoisotopic (exact) mass is 258 g/mol. The number of rotatable bonds is 7. The smallest absolute Gasteiger partial charge is 0.119 e. The van der Waals surface area contributed by atoms with Crippen molar-refractivity contribution in [3.63, 3.8) is 0 Å². The highest BCUT2D eigenvalue weighted by atomic mass is 16.5. The maximum atomic E-state index is 5.47. The summed E-state index contributed by atoms with van der Waals surface area (Å²) in [7, 11) is 1.70. The highest BCUT2D eigenvalue weighted by Gasteiger charge is 1.99. The number of hydrogen-bond acceptors (Lipinski definition) is 3. The molecule has 0 aliphatic heterocycles. The fourth-order valence-electron chi connectivity index (χ4n) is 2.14. The summed E-state index contributed by atoms with van der Waals surface area (Å²) in [4.78, 5) is 0. The summed E-state index contributed by atoms with van der Waals surface area (Å²) in [6.07, 6.45) is 2.23. The minimum atomic E-state index is 0.777. The van der Waals surface area contributed by atoms with E-state index in [-0.39, 0.29) is 0 Å². The molecule has 0 aromatic heterocycles. The van der Waals surface area contributed by atoms with Gasteiger partial charge in [-0.1, -0.05) is 18.2 Å². The lowest BCUT2D eigenvalue weighted by atomic mass is 10.1. The van der Waals surface area contributed by atoms with E-state index in [1.54, 1.807) is 7.11 Å². The number of fused-ring (bicyclic) bond motifs is 1. The third-order valence-electron chi connectivity index (χ3n) is 3.25. The molecule has 0 bridgehead atoms. The second kappa shape index (κ2) is 7.12. The van der Waals surface area contributed by atoms with Gasteiger partial charge in [-0.05, 0) is 60.5 Å². The molecule has 3 heteroatoms. The van der Waals surface area contributed by atoms with Gasteiger partial charge in [0.25, 0.3) is 0 Å². The van der Waals surface area contributed by atoms with E-state index in [1.165, 1.54) is 16.3 Å². The van der Waals surface area contributed by atoms with Crippen molar-refractivity contribution in [3.8, 4) is 5.75 Å². The molecule has 102 valence electrons. The number of ether oxygens (including phenoxy) is 1. The minimum Gasteiger partial charge on any atom is -0.497 e. The van der Waals surface area contributed by atoms with Crippen molar-refractivity contribution in [1.29, 1.82) is 0 Å². The Morgan fingerprint density at radius 1 is 1.05 bits per heavy atom. The Kier molecular flexibility index (Phi) is 5.19. The predicted molar refractivity (Wildman–Crippen MR) is 80.5 cm³/mol. The fourth-order valence-corrected chi connectivity index (χ4v) is 2.14. The molecule has 0 aliphatic carbocycles. The van der Waals surface area contributed by atoms with Gasteiger partial charge in [-0.3, -0.25) is 0 Å². The van der Waals surface area contributed by atoms with Gasteiger partial charge in [-0.15, -0.1) is 0 Å². The summed E-state index contributed by atoms with van der Waals surface area (Å²) in [5, 5.41) is 5.91. The minimum absolute atomic E-state index is 0.777. The topological polar surface area (TPSA) is 47.3 Å². The molecule has 0 heterocycles. The normalized spacial score (nSPS) is 10.8. The van der Waals surface area contributed by atoms with E-state index >= 15 is 0 Å². The van der Waals surface area contributed by atoms with Gasteiger partial charge in [0.2, 0.25) is 0 Å². The lowest BCUT2D eigenvalue weighted by Crippen LogP contribution is -2.15. The molecule has 3 nitrogen and oxygen atoms in total. The van der Waals surface area contributed by atoms with Crippen LogP contribution in [0.4, 0.5) is 0 Å². The van der Waals surface area contributed by atoms with Crippen LogP contribution >= 0.6 is 0 Å². The maximum absolute atomic E-state index is 5.47. The molecule has 2 aromatic rings. The molecule has 2 aromatic carbocycles. The van der Waals surface area contributed by atoms with Crippen LogP contribution in [0.2, 0.25) is 0 Å². The van der Waals surface area contributed by atoms with Crippen LogP contribution in [-0.4, -0.2) is 20.2 Å². The van der Waals surface area contributed by atoms with Crippen molar-refractivity contribution < 1.29 is 4.74 Å². The van der Waals surface area contributed by atoms with Crippen LogP contribution in [0.3, 0.4) is 0 Å². The second-order valence-corrected chi connectivity index (χ2v) is 4.72. The van der Waals surface area contributed by atoms with Gasteiger partial charge < -0.3 is 15.8 Å². The standard InChI is InChI=1S/C16H22N2O/c1-19-16-7-6-14-10-13(4-5-15(14)11-16)12-18-9-3-2-8-17/h4-7,10-11,18H,2-3,8-9,12,17H2,1H3. The van der Waals surface area contributed by atoms with E-state index in [2.05, 4.69) is 35.6 Å². The van der Waals surface area contributed by atoms with E-state index in [4.69, 9.17) is 10.5 Å². The first kappa shape index (κ1) is 13.8. The molecule has 0 amide bonds. The molecule has 3 N–H and O–H groups in total. The number of nitrogens with two attached hydrogens (primary N) is 1. The van der Waals surface area contributed by atoms with Crippen LogP contribution in [0.25, 0.3) is 10.8 Å². The summed E-state index contributed by atoms with van der Waals surface area (Å²) < 4.78 is 5.23. The van der Waals surface area contributed by atoms with Gasteiger partial charge in [0, 0.05) is 6.54 Å². The van der Waals surface area contributed by atoms with E-state index < -0.39 is 0 Å². The summed E-state index contributed by atoms with van der Waals surface area (Å²) in [5.74, 6) is 0.903. The van der Waals surface area contributed by atoms with Crippen LogP contribution < -0.4 is 15.8 Å². The van der Waals surface area contributed by atoms with Crippen LogP contribution in [0.1, 0.15) is 18.4 Å². The van der Waals surface area contributed by atoms with E-state index in [0.717, 1.165) is 38.2 Å². The Hall–Kier alpha value is -1.58. The van der Waals surface area contributed by atoms with Gasteiger partial charge in [0.05, 0.1) is 7.11 Å². The zero-order valence-corrected chi connectivity index (χ0v) is 11.5. The number of benzene rings is 2. The van der Waals surface area contributed by atoms with Gasteiger partial charge in [-0.25, -0.2) is 0 Å². The highest BCUT2D eigenvalue weighted by Crippen LogP contribution is 2.21. The van der Waals surface area contributed by atoms with Crippen molar-refractivity contribution in [2.24, 2.45) is 5.73 Å². The average molecular weight is 258 g/mol. The third-order valence-corrected chi connectivity index (χ3v) is 3.25. The molecule has 0 fully saturated rings. The molecular formula is C16H22N2O. The Bertz CT molecular complexity index is 525. The zero-order chi connectivity index (χ0) is 13.5. The first-order valence-corrected chi connectivity index (χ1v) is 6.81. The van der Waals surface area contributed by atoms with Crippen molar-refractivity contribution in [2.45, 2.75) is 19.4 Å². The summed E-state index contributed by atoms with van der Waals surface area (Å²) in [6.45, 7) is 2.71. The quantitative estimate of drug-likeness (QED) is 0.751. The van der Waals surface area contributed by atoms with Crippen LogP contribution in [0.15, 0.2) is 36.4 Å². The van der Waals surface area contributed by atoms with Crippen molar-refractivity contribution in [2.75, 3.05) is 20.2 Å². The molecule has 0 atom stereocenters. The van der Waals surface area contributed by atoms with Gasteiger partial charge in [0.1, 0.15) is 5.75 Å². The average Bonchev–Trinajstić information content (AvgIpc) is 2.46. The molecule has 0 radical (unpaired) electrons. The lowest BCUT2D eigenvalue weighted by Gasteiger charge is -2.07. The fraction of sp³-hybridized carbons (Fsp3) is 0.375. The molecule has 2 rings (SSSR count). The zero-order valence-electron chi connectivity index (χ0n) is 11.5. The van der Waals surface area contributed by atoms with Crippen molar-refractivity contribution in [1.82, 2.24) is 5.32 Å². The van der Waals surface area contributed by atoms with Gasteiger partial charge in [0.15, 0.2) is 0 Å². The van der Waals surface area contributed by atoms with Gasteiger partial charge >= 0.3 is 0 Å². The Morgan fingerprint density at radius 3 is 2.63 bits per heavy atom. The van der Waals surface area contributed by atoms with Crippen molar-refractivity contribution >= 4 is 10.8 Å². The van der Waals surface area contributed by atoms with Crippen LogP contribution in [0, 0.1) is 0 Å². The molecule has 0 unspecified atom stereocenters. The lowest BCUT2D eigenvalue weighted by molar-refractivity contribution is 0.415. The maximum Gasteiger partial charge on any atom is 0.119 e. The van der Waals surface area contributed by atoms with Gasteiger partial charge in [-0.2, -0.15) is 0 Å². The largest absolute Gasteiger partial charge is 0.497 e. The number of nitrogens with one attached hydrogen (secondary N) is 1. The molecular weight excluding hydrogens is 236 g/mol. The number of hydrogen-bond donors (Lipinski definition) is 2. The van der Waals surface area contributed by atoms with E-state index in [1.807, 2.05) is 6.07 Å². The Labute approximate surface area is 114 Å². The van der Waals surface area contributed by atoms with Crippen LogP contribution in [-0.2, 0) is 6.54 Å². The number of methoxy groups -OCH3 is 1. The van der Waals surface area contributed by atoms with E-state index in [0.29, 0.717) is 0 Å².